The third kappa shape index (κ3) is 1.47. The van der Waals surface area contributed by atoms with Crippen LogP contribution in [0.15, 0.2) is 0 Å². The Balaban J connectivity index is 1.89. The van der Waals surface area contributed by atoms with Gasteiger partial charge in [-0.05, 0) is 50.4 Å². The molecular formula is C15H24O. The first kappa shape index (κ1) is 10.8. The second-order valence-corrected chi connectivity index (χ2v) is 6.28. The molecule has 0 heterocycles. The van der Waals surface area contributed by atoms with E-state index in [1.807, 2.05) is 0 Å². The van der Waals surface area contributed by atoms with Gasteiger partial charge in [0.15, 0.2) is 0 Å². The third-order valence-corrected chi connectivity index (χ3v) is 5.68. The maximum absolute atomic E-state index is 12.5. The van der Waals surface area contributed by atoms with E-state index in [9.17, 15) is 4.79 Å². The lowest BCUT2D eigenvalue weighted by Gasteiger charge is -2.39. The highest BCUT2D eigenvalue weighted by atomic mass is 16.1. The zero-order valence-electron chi connectivity index (χ0n) is 10.3. The molecule has 3 fully saturated rings. The van der Waals surface area contributed by atoms with Crippen molar-refractivity contribution in [2.24, 2.45) is 17.3 Å². The van der Waals surface area contributed by atoms with Gasteiger partial charge in [-0.1, -0.05) is 25.7 Å². The van der Waals surface area contributed by atoms with E-state index in [4.69, 9.17) is 0 Å². The highest BCUT2D eigenvalue weighted by Crippen LogP contribution is 2.56. The van der Waals surface area contributed by atoms with E-state index < -0.39 is 0 Å². The number of Topliss-reactive ketones (excluding diaryl/α,β-unsaturated/α-hetero) is 1. The fourth-order valence-electron chi connectivity index (χ4n) is 4.99. The number of carbonyl (C=O) groups excluding carboxylic acids is 1. The van der Waals surface area contributed by atoms with E-state index in [2.05, 4.69) is 0 Å². The van der Waals surface area contributed by atoms with Crippen LogP contribution in [0, 0.1) is 17.3 Å². The first-order chi connectivity index (χ1) is 7.84. The molecule has 0 aromatic rings. The van der Waals surface area contributed by atoms with E-state index in [0.717, 1.165) is 18.3 Å². The molecule has 90 valence electrons. The summed E-state index contributed by atoms with van der Waals surface area (Å²) in [7, 11) is 0. The molecule has 3 rings (SSSR count). The molecule has 0 radical (unpaired) electrons. The minimum Gasteiger partial charge on any atom is -0.299 e. The summed E-state index contributed by atoms with van der Waals surface area (Å²) in [5, 5.41) is 0. The summed E-state index contributed by atoms with van der Waals surface area (Å²) in [6.45, 7) is 0. The highest BCUT2D eigenvalue weighted by molar-refractivity contribution is 5.87. The predicted molar refractivity (Wildman–Crippen MR) is 65.2 cm³/mol. The fourth-order valence-corrected chi connectivity index (χ4v) is 4.99. The molecule has 0 aromatic heterocycles. The molecule has 0 N–H and O–H groups in total. The summed E-state index contributed by atoms with van der Waals surface area (Å²) in [6.07, 6.45) is 14.2. The normalized spacial score (nSPS) is 31.6. The molecule has 0 aromatic carbocycles. The fraction of sp³-hybridized carbons (Fsp3) is 0.933. The van der Waals surface area contributed by atoms with Crippen molar-refractivity contribution in [1.29, 1.82) is 0 Å². The SMILES string of the molecule is O=C1CCCC1(C1CCCC1)C1CCCC1. The number of hydrogen-bond donors (Lipinski definition) is 0. The Morgan fingerprint density at radius 3 is 1.69 bits per heavy atom. The van der Waals surface area contributed by atoms with Gasteiger partial charge in [0.1, 0.15) is 5.78 Å². The molecule has 0 aliphatic heterocycles. The maximum Gasteiger partial charge on any atom is 0.139 e. The summed E-state index contributed by atoms with van der Waals surface area (Å²) in [5.41, 5.74) is 0.174. The van der Waals surface area contributed by atoms with Crippen molar-refractivity contribution in [3.63, 3.8) is 0 Å². The molecule has 0 amide bonds. The predicted octanol–water partition coefficient (Wildman–Crippen LogP) is 4.11. The van der Waals surface area contributed by atoms with Crippen LogP contribution in [0.2, 0.25) is 0 Å². The minimum atomic E-state index is 0.174. The van der Waals surface area contributed by atoms with E-state index in [1.54, 1.807) is 0 Å². The zero-order chi connectivity index (χ0) is 11.0. The lowest BCUT2D eigenvalue weighted by molar-refractivity contribution is -0.132. The molecule has 0 bridgehead atoms. The van der Waals surface area contributed by atoms with Crippen molar-refractivity contribution in [1.82, 2.24) is 0 Å². The summed E-state index contributed by atoms with van der Waals surface area (Å²) in [6, 6.07) is 0. The summed E-state index contributed by atoms with van der Waals surface area (Å²) < 4.78 is 0. The van der Waals surface area contributed by atoms with Crippen LogP contribution in [0.25, 0.3) is 0 Å². The van der Waals surface area contributed by atoms with Crippen LogP contribution in [-0.2, 0) is 4.79 Å². The molecule has 0 atom stereocenters. The Morgan fingerprint density at radius 1 is 0.812 bits per heavy atom. The zero-order valence-corrected chi connectivity index (χ0v) is 10.3. The Labute approximate surface area is 99.0 Å². The van der Waals surface area contributed by atoms with Gasteiger partial charge < -0.3 is 0 Å². The summed E-state index contributed by atoms with van der Waals surface area (Å²) >= 11 is 0. The number of carbonyl (C=O) groups is 1. The van der Waals surface area contributed by atoms with Crippen molar-refractivity contribution >= 4 is 5.78 Å². The standard InChI is InChI=1S/C15H24O/c16-14-10-5-11-15(14,12-6-1-2-7-12)13-8-3-4-9-13/h12-13H,1-11H2. The van der Waals surface area contributed by atoms with Crippen molar-refractivity contribution in [2.75, 3.05) is 0 Å². The molecule has 0 spiro atoms. The van der Waals surface area contributed by atoms with Gasteiger partial charge in [0.05, 0.1) is 0 Å². The third-order valence-electron chi connectivity index (χ3n) is 5.68. The lowest BCUT2D eigenvalue weighted by atomic mass is 9.63. The smallest absolute Gasteiger partial charge is 0.139 e. The van der Waals surface area contributed by atoms with Crippen molar-refractivity contribution < 1.29 is 4.79 Å². The Morgan fingerprint density at radius 2 is 1.31 bits per heavy atom. The minimum absolute atomic E-state index is 0.174. The van der Waals surface area contributed by atoms with Crippen LogP contribution in [0.3, 0.4) is 0 Å². The van der Waals surface area contributed by atoms with Crippen LogP contribution in [-0.4, -0.2) is 5.78 Å². The number of rotatable bonds is 2. The van der Waals surface area contributed by atoms with Crippen LogP contribution in [0.1, 0.15) is 70.6 Å². The van der Waals surface area contributed by atoms with Gasteiger partial charge in [-0.3, -0.25) is 4.79 Å². The Kier molecular flexibility index (Phi) is 2.81. The van der Waals surface area contributed by atoms with Gasteiger partial charge in [0.25, 0.3) is 0 Å². The number of hydrogen-bond acceptors (Lipinski definition) is 1. The molecule has 3 aliphatic rings. The monoisotopic (exact) mass is 220 g/mol. The van der Waals surface area contributed by atoms with E-state index in [0.29, 0.717) is 5.78 Å². The van der Waals surface area contributed by atoms with Crippen molar-refractivity contribution in [3.05, 3.63) is 0 Å². The molecule has 3 aliphatic carbocycles. The molecule has 16 heavy (non-hydrogen) atoms. The highest BCUT2D eigenvalue weighted by Gasteiger charge is 2.53. The van der Waals surface area contributed by atoms with Gasteiger partial charge in [0.2, 0.25) is 0 Å². The first-order valence-corrected chi connectivity index (χ1v) is 7.37. The van der Waals surface area contributed by atoms with Gasteiger partial charge >= 0.3 is 0 Å². The first-order valence-electron chi connectivity index (χ1n) is 7.37. The molecule has 1 nitrogen and oxygen atoms in total. The average Bonchev–Trinajstić information content (AvgIpc) is 2.98. The van der Waals surface area contributed by atoms with Crippen LogP contribution < -0.4 is 0 Å². The van der Waals surface area contributed by atoms with Crippen LogP contribution >= 0.6 is 0 Å². The molecule has 0 saturated heterocycles. The second kappa shape index (κ2) is 4.16. The molecule has 1 heteroatoms. The van der Waals surface area contributed by atoms with Gasteiger partial charge in [0, 0.05) is 11.8 Å². The van der Waals surface area contributed by atoms with Crippen LogP contribution in [0.5, 0.6) is 0 Å². The van der Waals surface area contributed by atoms with Crippen molar-refractivity contribution in [2.45, 2.75) is 70.6 Å². The van der Waals surface area contributed by atoms with Gasteiger partial charge in [-0.15, -0.1) is 0 Å². The van der Waals surface area contributed by atoms with E-state index >= 15 is 0 Å². The summed E-state index contributed by atoms with van der Waals surface area (Å²) in [4.78, 5) is 12.5. The largest absolute Gasteiger partial charge is 0.299 e. The summed E-state index contributed by atoms with van der Waals surface area (Å²) in [5.74, 6) is 2.20. The van der Waals surface area contributed by atoms with Crippen LogP contribution in [0.4, 0.5) is 0 Å². The lowest BCUT2D eigenvalue weighted by Crippen LogP contribution is -2.39. The van der Waals surface area contributed by atoms with Gasteiger partial charge in [-0.2, -0.15) is 0 Å². The maximum atomic E-state index is 12.5. The Bertz CT molecular complexity index is 253. The van der Waals surface area contributed by atoms with Crippen molar-refractivity contribution in [3.8, 4) is 0 Å². The Hall–Kier alpha value is -0.330. The van der Waals surface area contributed by atoms with E-state index in [-0.39, 0.29) is 5.41 Å². The molecular weight excluding hydrogens is 196 g/mol. The number of ketones is 1. The second-order valence-electron chi connectivity index (χ2n) is 6.28. The quantitative estimate of drug-likeness (QED) is 0.684. The van der Waals surface area contributed by atoms with E-state index in [1.165, 1.54) is 64.2 Å². The van der Waals surface area contributed by atoms with Gasteiger partial charge in [-0.25, -0.2) is 0 Å². The molecule has 3 saturated carbocycles. The average molecular weight is 220 g/mol. The molecule has 0 unspecified atom stereocenters. The topological polar surface area (TPSA) is 17.1 Å².